The second-order valence-corrected chi connectivity index (χ2v) is 7.79. The van der Waals surface area contributed by atoms with Gasteiger partial charge in [0.15, 0.2) is 0 Å². The number of carboxylic acid groups (broad SMARTS) is 1. The number of para-hydroxylation sites is 2. The van der Waals surface area contributed by atoms with Crippen LogP contribution in [0.1, 0.15) is 16.7 Å². The first-order valence-electron chi connectivity index (χ1n) is 10.1. The Morgan fingerprint density at radius 2 is 1.74 bits per heavy atom. The Balaban J connectivity index is 1.43. The molecule has 0 radical (unpaired) electrons. The van der Waals surface area contributed by atoms with Crippen molar-refractivity contribution in [3.8, 4) is 5.75 Å². The van der Waals surface area contributed by atoms with Gasteiger partial charge < -0.3 is 14.8 Å². The molecule has 0 fully saturated rings. The van der Waals surface area contributed by atoms with Crippen molar-refractivity contribution in [3.05, 3.63) is 101 Å². The summed E-state index contributed by atoms with van der Waals surface area (Å²) < 4.78 is 5.98. The van der Waals surface area contributed by atoms with Gasteiger partial charge in [0, 0.05) is 40.7 Å². The molecule has 4 rings (SSSR count). The summed E-state index contributed by atoms with van der Waals surface area (Å²) in [7, 11) is 0. The molecule has 0 saturated heterocycles. The van der Waals surface area contributed by atoms with Gasteiger partial charge in [0.1, 0.15) is 18.4 Å². The number of hydrogen-bond donors (Lipinski definition) is 3. The number of ether oxygens (including phenoxy) is 1. The lowest BCUT2D eigenvalue weighted by Gasteiger charge is -2.16. The molecule has 0 unspecified atom stereocenters. The molecule has 0 aliphatic heterocycles. The maximum atomic E-state index is 11.9. The number of nitrogens with one attached hydrogen (secondary N) is 2. The summed E-state index contributed by atoms with van der Waals surface area (Å²) in [4.78, 5) is 15.1. The number of fused-ring (bicyclic) bond motifs is 1. The van der Waals surface area contributed by atoms with Gasteiger partial charge in [-0.3, -0.25) is 10.1 Å². The number of carbonyl (C=O) groups is 1. The predicted molar refractivity (Wildman–Crippen MR) is 122 cm³/mol. The highest BCUT2D eigenvalue weighted by atomic mass is 35.5. The van der Waals surface area contributed by atoms with Crippen molar-refractivity contribution in [2.45, 2.75) is 25.6 Å². The number of aliphatic carboxylic acids is 1. The van der Waals surface area contributed by atoms with Crippen molar-refractivity contribution in [2.24, 2.45) is 0 Å². The summed E-state index contributed by atoms with van der Waals surface area (Å²) in [5.41, 5.74) is 3.89. The predicted octanol–water partition coefficient (Wildman–Crippen LogP) is 5.19. The average Bonchev–Trinajstić information content (AvgIpc) is 3.19. The van der Waals surface area contributed by atoms with Crippen molar-refractivity contribution in [1.29, 1.82) is 0 Å². The molecule has 5 nitrogen and oxygen atoms in total. The molecule has 1 atom stereocenters. The zero-order valence-corrected chi connectivity index (χ0v) is 17.6. The molecular formula is C25H23ClN2O3. The second kappa shape index (κ2) is 9.69. The molecule has 0 spiro atoms. The van der Waals surface area contributed by atoms with Crippen LogP contribution in [-0.4, -0.2) is 22.1 Å². The summed E-state index contributed by atoms with van der Waals surface area (Å²) in [6.07, 6.45) is 2.26. The van der Waals surface area contributed by atoms with Crippen LogP contribution in [0, 0.1) is 0 Å². The molecule has 31 heavy (non-hydrogen) atoms. The Morgan fingerprint density at radius 1 is 1.00 bits per heavy atom. The van der Waals surface area contributed by atoms with Crippen LogP contribution in [0.4, 0.5) is 0 Å². The number of H-pyrrole nitrogens is 1. The smallest absolute Gasteiger partial charge is 0.321 e. The van der Waals surface area contributed by atoms with Crippen LogP contribution in [0.25, 0.3) is 10.9 Å². The van der Waals surface area contributed by atoms with E-state index in [9.17, 15) is 9.90 Å². The molecule has 1 aromatic heterocycles. The largest absolute Gasteiger partial charge is 0.489 e. The third-order valence-corrected chi connectivity index (χ3v) is 5.47. The molecule has 0 aliphatic rings. The highest BCUT2D eigenvalue weighted by Gasteiger charge is 2.20. The van der Waals surface area contributed by atoms with E-state index in [1.807, 2.05) is 79.0 Å². The first-order valence-corrected chi connectivity index (χ1v) is 10.4. The van der Waals surface area contributed by atoms with Crippen LogP contribution >= 0.6 is 11.6 Å². The SMILES string of the molecule is O=C(O)[C@@H](Cc1c[nH]c2ccccc12)NCc1ccccc1OCc1ccc(Cl)cc1. The Hall–Kier alpha value is -3.28. The lowest BCUT2D eigenvalue weighted by Crippen LogP contribution is -2.38. The number of benzene rings is 3. The third kappa shape index (κ3) is 5.26. The Morgan fingerprint density at radius 3 is 2.55 bits per heavy atom. The summed E-state index contributed by atoms with van der Waals surface area (Å²) in [6.45, 7) is 0.794. The van der Waals surface area contributed by atoms with Gasteiger partial charge in [-0.15, -0.1) is 0 Å². The number of aromatic amines is 1. The standard InChI is InChI=1S/C25H23ClN2O3/c26-20-11-9-17(10-12-20)16-31-24-8-4-1-5-18(24)14-28-23(25(29)30)13-19-15-27-22-7-3-2-6-21(19)22/h1-12,15,23,27-28H,13-14,16H2,(H,29,30)/t23-/m1/s1. The van der Waals surface area contributed by atoms with Gasteiger partial charge in [-0.2, -0.15) is 0 Å². The Bertz CT molecular complexity index is 1170. The molecule has 6 heteroatoms. The van der Waals surface area contributed by atoms with Crippen molar-refractivity contribution in [2.75, 3.05) is 0 Å². The summed E-state index contributed by atoms with van der Waals surface area (Å²) in [5, 5.41) is 14.7. The minimum atomic E-state index is -0.884. The quantitative estimate of drug-likeness (QED) is 0.339. The number of halogens is 1. The molecule has 1 heterocycles. The maximum absolute atomic E-state index is 11.9. The number of carboxylic acids is 1. The van der Waals surface area contributed by atoms with Gasteiger partial charge >= 0.3 is 5.97 Å². The summed E-state index contributed by atoms with van der Waals surface area (Å²) in [6, 6.07) is 22.3. The average molecular weight is 435 g/mol. The molecule has 3 N–H and O–H groups in total. The van der Waals surface area contributed by atoms with E-state index in [0.29, 0.717) is 24.6 Å². The first kappa shape index (κ1) is 21.0. The molecule has 0 aliphatic carbocycles. The zero-order valence-electron chi connectivity index (χ0n) is 16.8. The molecule has 0 saturated carbocycles. The normalized spacial score (nSPS) is 12.0. The summed E-state index contributed by atoms with van der Waals surface area (Å²) >= 11 is 5.93. The number of hydrogen-bond acceptors (Lipinski definition) is 3. The molecule has 0 amide bonds. The summed E-state index contributed by atoms with van der Waals surface area (Å²) in [5.74, 6) is -0.161. The van der Waals surface area contributed by atoms with Crippen LogP contribution in [0.5, 0.6) is 5.75 Å². The Kier molecular flexibility index (Phi) is 6.55. The van der Waals surface area contributed by atoms with E-state index in [4.69, 9.17) is 16.3 Å². The highest BCUT2D eigenvalue weighted by Crippen LogP contribution is 2.22. The van der Waals surface area contributed by atoms with E-state index in [0.717, 1.165) is 33.3 Å². The van der Waals surface area contributed by atoms with Gasteiger partial charge in [0.25, 0.3) is 0 Å². The van der Waals surface area contributed by atoms with Gasteiger partial charge in [-0.1, -0.05) is 60.1 Å². The van der Waals surface area contributed by atoms with Crippen LogP contribution in [0.2, 0.25) is 5.02 Å². The fourth-order valence-corrected chi connectivity index (χ4v) is 3.66. The van der Waals surface area contributed by atoms with E-state index in [1.54, 1.807) is 0 Å². The number of aromatic nitrogens is 1. The second-order valence-electron chi connectivity index (χ2n) is 7.36. The van der Waals surface area contributed by atoms with Crippen molar-refractivity contribution < 1.29 is 14.6 Å². The minimum Gasteiger partial charge on any atom is -0.489 e. The lowest BCUT2D eigenvalue weighted by molar-refractivity contribution is -0.139. The minimum absolute atomic E-state index is 0.382. The van der Waals surface area contributed by atoms with Crippen molar-refractivity contribution in [1.82, 2.24) is 10.3 Å². The highest BCUT2D eigenvalue weighted by molar-refractivity contribution is 6.30. The maximum Gasteiger partial charge on any atom is 0.321 e. The lowest BCUT2D eigenvalue weighted by atomic mass is 10.0. The van der Waals surface area contributed by atoms with E-state index in [1.165, 1.54) is 0 Å². The van der Waals surface area contributed by atoms with Crippen LogP contribution in [-0.2, 0) is 24.4 Å². The zero-order chi connectivity index (χ0) is 21.6. The fourth-order valence-electron chi connectivity index (χ4n) is 3.53. The third-order valence-electron chi connectivity index (χ3n) is 5.22. The van der Waals surface area contributed by atoms with Crippen LogP contribution in [0.3, 0.4) is 0 Å². The van der Waals surface area contributed by atoms with Gasteiger partial charge in [-0.05, 0) is 35.4 Å². The van der Waals surface area contributed by atoms with Gasteiger partial charge in [-0.25, -0.2) is 0 Å². The van der Waals surface area contributed by atoms with E-state index in [2.05, 4.69) is 10.3 Å². The Labute approximate surface area is 185 Å². The van der Waals surface area contributed by atoms with E-state index < -0.39 is 12.0 Å². The first-order chi connectivity index (χ1) is 15.1. The topological polar surface area (TPSA) is 74.3 Å². The van der Waals surface area contributed by atoms with Crippen LogP contribution in [0.15, 0.2) is 79.0 Å². The molecule has 4 aromatic rings. The fraction of sp³-hybridized carbons (Fsp3) is 0.160. The molecule has 3 aromatic carbocycles. The van der Waals surface area contributed by atoms with Gasteiger partial charge in [0.2, 0.25) is 0 Å². The molecule has 158 valence electrons. The molecule has 0 bridgehead atoms. The van der Waals surface area contributed by atoms with Crippen molar-refractivity contribution >= 4 is 28.5 Å². The van der Waals surface area contributed by atoms with E-state index in [-0.39, 0.29) is 0 Å². The molecular weight excluding hydrogens is 412 g/mol. The van der Waals surface area contributed by atoms with Crippen molar-refractivity contribution in [3.63, 3.8) is 0 Å². The monoisotopic (exact) mass is 434 g/mol. The number of rotatable bonds is 9. The van der Waals surface area contributed by atoms with E-state index >= 15 is 0 Å². The van der Waals surface area contributed by atoms with Crippen LogP contribution < -0.4 is 10.1 Å². The van der Waals surface area contributed by atoms with Gasteiger partial charge in [0.05, 0.1) is 0 Å².